The van der Waals surface area contributed by atoms with Crippen LogP contribution in [0.3, 0.4) is 0 Å². The molecule has 0 saturated heterocycles. The van der Waals surface area contributed by atoms with Gasteiger partial charge in [0.25, 0.3) is 0 Å². The lowest BCUT2D eigenvalue weighted by Gasteiger charge is -2.04. The SMILES string of the molecule is COc1ccc2c(c1)[nH]c(=S)n2CCCS(C)(=O)=O. The lowest BCUT2D eigenvalue weighted by Crippen LogP contribution is -2.07. The summed E-state index contributed by atoms with van der Waals surface area (Å²) in [5.41, 5.74) is 1.85. The molecule has 5 nitrogen and oxygen atoms in total. The van der Waals surface area contributed by atoms with Crippen LogP contribution in [0.2, 0.25) is 0 Å². The first-order valence-corrected chi connectivity index (χ1v) is 8.32. The molecule has 0 saturated carbocycles. The molecule has 1 heterocycles. The normalized spacial score (nSPS) is 11.9. The number of H-pyrrole nitrogens is 1. The molecule has 104 valence electrons. The molecule has 0 fully saturated rings. The maximum absolute atomic E-state index is 11.1. The van der Waals surface area contributed by atoms with E-state index in [1.807, 2.05) is 22.8 Å². The van der Waals surface area contributed by atoms with Crippen molar-refractivity contribution in [3.63, 3.8) is 0 Å². The Bertz CT molecular complexity index is 744. The molecule has 0 aliphatic carbocycles. The summed E-state index contributed by atoms with van der Waals surface area (Å²) in [6.45, 7) is 0.582. The number of ether oxygens (including phenoxy) is 1. The van der Waals surface area contributed by atoms with Gasteiger partial charge in [-0.1, -0.05) is 0 Å². The molecule has 2 aromatic rings. The molecule has 0 spiro atoms. The number of aromatic nitrogens is 2. The van der Waals surface area contributed by atoms with Gasteiger partial charge in [0, 0.05) is 18.9 Å². The van der Waals surface area contributed by atoms with Crippen LogP contribution in [-0.4, -0.2) is 37.1 Å². The van der Waals surface area contributed by atoms with Crippen molar-refractivity contribution in [1.29, 1.82) is 0 Å². The highest BCUT2D eigenvalue weighted by atomic mass is 32.2. The number of aryl methyl sites for hydroxylation is 1. The average Bonchev–Trinajstić information content (AvgIpc) is 2.63. The van der Waals surface area contributed by atoms with Crippen molar-refractivity contribution in [2.24, 2.45) is 0 Å². The van der Waals surface area contributed by atoms with E-state index < -0.39 is 9.84 Å². The highest BCUT2D eigenvalue weighted by molar-refractivity contribution is 7.90. The molecule has 1 aromatic carbocycles. The van der Waals surface area contributed by atoms with Gasteiger partial charge in [0.2, 0.25) is 0 Å². The summed E-state index contributed by atoms with van der Waals surface area (Å²) >= 11 is 5.26. The van der Waals surface area contributed by atoms with Crippen molar-refractivity contribution in [3.8, 4) is 5.75 Å². The Morgan fingerprint density at radius 3 is 2.79 bits per heavy atom. The van der Waals surface area contributed by atoms with E-state index in [1.165, 1.54) is 6.26 Å². The van der Waals surface area contributed by atoms with E-state index in [4.69, 9.17) is 17.0 Å². The van der Waals surface area contributed by atoms with Crippen LogP contribution in [0.25, 0.3) is 11.0 Å². The summed E-state index contributed by atoms with van der Waals surface area (Å²) in [4.78, 5) is 3.10. The third-order valence-electron chi connectivity index (χ3n) is 2.88. The Balaban J connectivity index is 2.28. The van der Waals surface area contributed by atoms with Gasteiger partial charge in [0.1, 0.15) is 15.6 Å². The van der Waals surface area contributed by atoms with Crippen LogP contribution < -0.4 is 4.74 Å². The highest BCUT2D eigenvalue weighted by Gasteiger charge is 2.07. The van der Waals surface area contributed by atoms with Crippen LogP contribution in [-0.2, 0) is 16.4 Å². The zero-order chi connectivity index (χ0) is 14.0. The zero-order valence-corrected chi connectivity index (χ0v) is 12.5. The standard InChI is InChI=1S/C12H16N2O3S2/c1-17-9-4-5-11-10(8-9)13-12(18)14(11)6-3-7-19(2,15)16/h4-5,8H,3,6-7H2,1-2H3,(H,13,18). The lowest BCUT2D eigenvalue weighted by molar-refractivity contribution is 0.415. The topological polar surface area (TPSA) is 64.1 Å². The Morgan fingerprint density at radius 1 is 1.42 bits per heavy atom. The number of imidazole rings is 1. The molecular formula is C12H16N2O3S2. The van der Waals surface area contributed by atoms with E-state index in [2.05, 4.69) is 4.98 Å². The van der Waals surface area contributed by atoms with Crippen molar-refractivity contribution >= 4 is 33.1 Å². The number of aromatic amines is 1. The molecule has 0 unspecified atom stereocenters. The van der Waals surface area contributed by atoms with Gasteiger partial charge in [0.05, 0.1) is 23.9 Å². The summed E-state index contributed by atoms with van der Waals surface area (Å²) < 4.78 is 29.9. The molecule has 0 bridgehead atoms. The van der Waals surface area contributed by atoms with E-state index in [1.54, 1.807) is 7.11 Å². The molecule has 0 radical (unpaired) electrons. The van der Waals surface area contributed by atoms with Crippen LogP contribution in [0.5, 0.6) is 5.75 Å². The first-order valence-electron chi connectivity index (χ1n) is 5.85. The van der Waals surface area contributed by atoms with Crippen LogP contribution in [0.4, 0.5) is 0 Å². The van der Waals surface area contributed by atoms with Crippen LogP contribution in [0.1, 0.15) is 6.42 Å². The zero-order valence-electron chi connectivity index (χ0n) is 10.8. The number of nitrogens with zero attached hydrogens (tertiary/aromatic N) is 1. The smallest absolute Gasteiger partial charge is 0.178 e. The quantitative estimate of drug-likeness (QED) is 0.859. The second-order valence-electron chi connectivity index (χ2n) is 4.45. The Morgan fingerprint density at radius 2 is 2.16 bits per heavy atom. The van der Waals surface area contributed by atoms with Crippen molar-refractivity contribution < 1.29 is 13.2 Å². The van der Waals surface area contributed by atoms with Gasteiger partial charge in [-0.2, -0.15) is 0 Å². The van der Waals surface area contributed by atoms with E-state index in [-0.39, 0.29) is 5.75 Å². The van der Waals surface area contributed by atoms with E-state index in [0.29, 0.717) is 17.7 Å². The number of benzene rings is 1. The molecule has 7 heteroatoms. The largest absolute Gasteiger partial charge is 0.497 e. The summed E-state index contributed by atoms with van der Waals surface area (Å²) in [6.07, 6.45) is 1.79. The minimum Gasteiger partial charge on any atom is -0.497 e. The third kappa shape index (κ3) is 3.36. The molecule has 0 aliphatic heterocycles. The molecule has 19 heavy (non-hydrogen) atoms. The van der Waals surface area contributed by atoms with E-state index in [0.717, 1.165) is 16.8 Å². The molecular weight excluding hydrogens is 284 g/mol. The van der Waals surface area contributed by atoms with Gasteiger partial charge in [-0.15, -0.1) is 0 Å². The van der Waals surface area contributed by atoms with Gasteiger partial charge in [-0.3, -0.25) is 0 Å². The van der Waals surface area contributed by atoms with Gasteiger partial charge in [-0.25, -0.2) is 8.42 Å². The minimum absolute atomic E-state index is 0.164. The molecule has 0 amide bonds. The minimum atomic E-state index is -2.93. The summed E-state index contributed by atoms with van der Waals surface area (Å²) in [5, 5.41) is 0. The van der Waals surface area contributed by atoms with Crippen molar-refractivity contribution in [2.75, 3.05) is 19.1 Å². The highest BCUT2D eigenvalue weighted by Crippen LogP contribution is 2.20. The number of fused-ring (bicyclic) bond motifs is 1. The molecule has 2 rings (SSSR count). The monoisotopic (exact) mass is 300 g/mol. The van der Waals surface area contributed by atoms with Crippen molar-refractivity contribution in [2.45, 2.75) is 13.0 Å². The predicted molar refractivity (Wildman–Crippen MR) is 78.0 cm³/mol. The van der Waals surface area contributed by atoms with E-state index in [9.17, 15) is 8.42 Å². The number of nitrogens with one attached hydrogen (secondary N) is 1. The summed E-state index contributed by atoms with van der Waals surface area (Å²) in [5.74, 6) is 0.921. The Labute approximate surface area is 117 Å². The first-order chi connectivity index (χ1) is 8.90. The molecule has 0 atom stereocenters. The second kappa shape index (κ2) is 5.34. The fourth-order valence-corrected chi connectivity index (χ4v) is 2.93. The Kier molecular flexibility index (Phi) is 3.96. The maximum Gasteiger partial charge on any atom is 0.178 e. The summed E-state index contributed by atoms with van der Waals surface area (Å²) in [7, 11) is -1.32. The number of methoxy groups -OCH3 is 1. The Hall–Kier alpha value is -1.34. The molecule has 0 aliphatic rings. The lowest BCUT2D eigenvalue weighted by atomic mass is 10.3. The number of sulfone groups is 1. The van der Waals surface area contributed by atoms with Gasteiger partial charge < -0.3 is 14.3 Å². The van der Waals surface area contributed by atoms with Gasteiger partial charge >= 0.3 is 0 Å². The first kappa shape index (κ1) is 14.1. The van der Waals surface area contributed by atoms with E-state index >= 15 is 0 Å². The number of hydrogen-bond donors (Lipinski definition) is 1. The fraction of sp³-hybridized carbons (Fsp3) is 0.417. The van der Waals surface area contributed by atoms with Gasteiger partial charge in [0.15, 0.2) is 4.77 Å². The number of rotatable bonds is 5. The van der Waals surface area contributed by atoms with Crippen LogP contribution >= 0.6 is 12.2 Å². The van der Waals surface area contributed by atoms with Crippen molar-refractivity contribution in [3.05, 3.63) is 23.0 Å². The maximum atomic E-state index is 11.1. The molecule has 1 N–H and O–H groups in total. The van der Waals surface area contributed by atoms with Gasteiger partial charge in [-0.05, 0) is 30.8 Å². The summed E-state index contributed by atoms with van der Waals surface area (Å²) in [6, 6.07) is 5.65. The van der Waals surface area contributed by atoms with Crippen LogP contribution in [0, 0.1) is 4.77 Å². The third-order valence-corrected chi connectivity index (χ3v) is 4.23. The second-order valence-corrected chi connectivity index (χ2v) is 7.09. The van der Waals surface area contributed by atoms with Crippen molar-refractivity contribution in [1.82, 2.24) is 9.55 Å². The predicted octanol–water partition coefficient (Wildman–Crippen LogP) is 2.14. The number of hydrogen-bond acceptors (Lipinski definition) is 4. The van der Waals surface area contributed by atoms with Crippen LogP contribution in [0.15, 0.2) is 18.2 Å². The average molecular weight is 300 g/mol. The molecule has 1 aromatic heterocycles. The fourth-order valence-electron chi connectivity index (χ4n) is 1.98.